The Labute approximate surface area is 184 Å². The zero-order valence-corrected chi connectivity index (χ0v) is 17.2. The molecule has 0 aliphatic rings. The minimum Gasteiger partial charge on any atom is -0.463 e. The van der Waals surface area contributed by atoms with Gasteiger partial charge >= 0.3 is 0 Å². The van der Waals surface area contributed by atoms with Gasteiger partial charge in [0, 0.05) is 6.07 Å². The molecule has 1 amide bonds. The number of carbonyl (C=O) groups is 1. The van der Waals surface area contributed by atoms with E-state index < -0.39 is 23.0 Å². The number of nitrogens with zero attached hydrogens (tertiary/aromatic N) is 2. The van der Waals surface area contributed by atoms with Gasteiger partial charge < -0.3 is 4.42 Å². The molecule has 2 heterocycles. The van der Waals surface area contributed by atoms with Crippen LogP contribution in [0.15, 0.2) is 82.2 Å². The van der Waals surface area contributed by atoms with Crippen LogP contribution in [0, 0.1) is 11.6 Å². The number of rotatable bonds is 4. The maximum atomic E-state index is 14.2. The average Bonchev–Trinajstić information content (AvgIpc) is 3.22. The number of para-hydroxylation sites is 1. The summed E-state index contributed by atoms with van der Waals surface area (Å²) in [5.41, 5.74) is 0.444. The standard InChI is InChI=1S/C24H14F2N2O3S/c25-15-10-18(26)21-20(11-15)32-24(27-21)28(12-14-6-2-1-3-7-14)23(30)17-13-31-19-9-5-4-8-16(19)22(17)29/h1-11,13H,12H2. The molecule has 158 valence electrons. The zero-order valence-electron chi connectivity index (χ0n) is 16.4. The van der Waals surface area contributed by atoms with Gasteiger partial charge in [0.15, 0.2) is 10.9 Å². The number of hydrogen-bond acceptors (Lipinski definition) is 5. The highest BCUT2D eigenvalue weighted by Gasteiger charge is 2.26. The first-order valence-corrected chi connectivity index (χ1v) is 10.4. The van der Waals surface area contributed by atoms with Crippen molar-refractivity contribution in [2.45, 2.75) is 6.54 Å². The number of halogens is 2. The minimum absolute atomic E-state index is 0.0391. The van der Waals surface area contributed by atoms with Crippen LogP contribution in [0.5, 0.6) is 0 Å². The summed E-state index contributed by atoms with van der Waals surface area (Å²) in [6.45, 7) is 0.0792. The molecule has 0 radical (unpaired) electrons. The predicted molar refractivity (Wildman–Crippen MR) is 119 cm³/mol. The molecule has 0 saturated heterocycles. The lowest BCUT2D eigenvalue weighted by atomic mass is 10.1. The molecule has 0 fully saturated rings. The highest BCUT2D eigenvalue weighted by atomic mass is 32.1. The Morgan fingerprint density at radius 1 is 1.03 bits per heavy atom. The number of anilines is 1. The van der Waals surface area contributed by atoms with Gasteiger partial charge in [0.1, 0.15) is 28.7 Å². The SMILES string of the molecule is O=C(c1coc2ccccc2c1=O)N(Cc1ccccc1)c1nc2c(F)cc(F)cc2s1. The van der Waals surface area contributed by atoms with E-state index in [0.717, 1.165) is 35.3 Å². The fourth-order valence-corrected chi connectivity index (χ4v) is 4.43. The van der Waals surface area contributed by atoms with Crippen molar-refractivity contribution in [3.63, 3.8) is 0 Å². The molecular weight excluding hydrogens is 434 g/mol. The number of benzene rings is 3. The van der Waals surface area contributed by atoms with Crippen LogP contribution < -0.4 is 10.3 Å². The molecule has 5 aromatic rings. The Kier molecular flexibility index (Phi) is 4.99. The number of carbonyl (C=O) groups excluding carboxylic acids is 1. The van der Waals surface area contributed by atoms with Crippen LogP contribution in [0.2, 0.25) is 0 Å². The van der Waals surface area contributed by atoms with Crippen molar-refractivity contribution in [1.29, 1.82) is 0 Å². The predicted octanol–water partition coefficient (Wildman–Crippen LogP) is 5.53. The van der Waals surface area contributed by atoms with Crippen molar-refractivity contribution in [1.82, 2.24) is 4.98 Å². The van der Waals surface area contributed by atoms with Crippen molar-refractivity contribution in [2.24, 2.45) is 0 Å². The van der Waals surface area contributed by atoms with Gasteiger partial charge in [-0.25, -0.2) is 13.8 Å². The van der Waals surface area contributed by atoms with Crippen LogP contribution in [-0.2, 0) is 6.54 Å². The lowest BCUT2D eigenvalue weighted by Gasteiger charge is -2.19. The molecule has 0 aliphatic heterocycles. The Hall–Kier alpha value is -3.91. The summed E-state index contributed by atoms with van der Waals surface area (Å²) in [4.78, 5) is 32.0. The fraction of sp³-hybridized carbons (Fsp3) is 0.0417. The highest BCUT2D eigenvalue weighted by molar-refractivity contribution is 7.22. The van der Waals surface area contributed by atoms with Crippen molar-refractivity contribution in [3.8, 4) is 0 Å². The molecule has 32 heavy (non-hydrogen) atoms. The molecule has 5 rings (SSSR count). The second-order valence-corrected chi connectivity index (χ2v) is 8.09. The number of fused-ring (bicyclic) bond motifs is 2. The van der Waals surface area contributed by atoms with Gasteiger partial charge in [0.2, 0.25) is 5.43 Å². The minimum atomic E-state index is -0.820. The van der Waals surface area contributed by atoms with E-state index in [4.69, 9.17) is 4.42 Å². The van der Waals surface area contributed by atoms with E-state index in [1.807, 2.05) is 30.3 Å². The van der Waals surface area contributed by atoms with E-state index in [1.54, 1.807) is 24.3 Å². The molecule has 0 atom stereocenters. The van der Waals surface area contributed by atoms with Gasteiger partial charge in [-0.15, -0.1) is 0 Å². The second-order valence-electron chi connectivity index (χ2n) is 7.08. The summed E-state index contributed by atoms with van der Waals surface area (Å²) in [5, 5.41) is 0.418. The van der Waals surface area contributed by atoms with Crippen molar-refractivity contribution < 1.29 is 18.0 Å². The molecule has 0 aliphatic carbocycles. The number of aromatic nitrogens is 1. The number of thiazole rings is 1. The van der Waals surface area contributed by atoms with E-state index >= 15 is 0 Å². The molecule has 0 bridgehead atoms. The van der Waals surface area contributed by atoms with Crippen LogP contribution >= 0.6 is 11.3 Å². The molecule has 0 saturated carbocycles. The van der Waals surface area contributed by atoms with E-state index in [9.17, 15) is 18.4 Å². The van der Waals surface area contributed by atoms with Crippen molar-refractivity contribution >= 4 is 43.6 Å². The smallest absolute Gasteiger partial charge is 0.267 e. The largest absolute Gasteiger partial charge is 0.463 e. The third-order valence-electron chi connectivity index (χ3n) is 4.97. The number of amides is 1. The summed E-state index contributed by atoms with van der Waals surface area (Å²) >= 11 is 0.967. The topological polar surface area (TPSA) is 63.4 Å². The Balaban J connectivity index is 1.65. The van der Waals surface area contributed by atoms with Gasteiger partial charge in [-0.2, -0.15) is 0 Å². The van der Waals surface area contributed by atoms with Gasteiger partial charge in [-0.3, -0.25) is 14.5 Å². The third kappa shape index (κ3) is 3.54. The average molecular weight is 448 g/mol. The Morgan fingerprint density at radius 3 is 2.59 bits per heavy atom. The van der Waals surface area contributed by atoms with Gasteiger partial charge in [0.25, 0.3) is 5.91 Å². The lowest BCUT2D eigenvalue weighted by molar-refractivity contribution is 0.0982. The van der Waals surface area contributed by atoms with Crippen LogP contribution in [0.3, 0.4) is 0 Å². The van der Waals surface area contributed by atoms with Crippen molar-refractivity contribution in [2.75, 3.05) is 4.90 Å². The quantitative estimate of drug-likeness (QED) is 0.363. The monoisotopic (exact) mass is 448 g/mol. The molecule has 5 nitrogen and oxygen atoms in total. The van der Waals surface area contributed by atoms with E-state index in [1.165, 1.54) is 4.90 Å². The highest BCUT2D eigenvalue weighted by Crippen LogP contribution is 2.32. The normalized spacial score (nSPS) is 11.2. The molecule has 0 N–H and O–H groups in total. The molecule has 2 aromatic heterocycles. The maximum absolute atomic E-state index is 14.2. The molecule has 8 heteroatoms. The van der Waals surface area contributed by atoms with E-state index in [2.05, 4.69) is 4.98 Å². The Morgan fingerprint density at radius 2 is 1.78 bits per heavy atom. The summed E-state index contributed by atoms with van der Waals surface area (Å²) in [6.07, 6.45) is 1.12. The summed E-state index contributed by atoms with van der Waals surface area (Å²) in [6, 6.07) is 17.6. The first-order valence-electron chi connectivity index (χ1n) is 9.63. The summed E-state index contributed by atoms with van der Waals surface area (Å²) in [7, 11) is 0. The lowest BCUT2D eigenvalue weighted by Crippen LogP contribution is -2.33. The fourth-order valence-electron chi connectivity index (χ4n) is 3.42. The molecule has 0 spiro atoms. The molecule has 0 unspecified atom stereocenters. The first kappa shape index (κ1) is 20.0. The Bertz CT molecular complexity index is 1530. The van der Waals surface area contributed by atoms with Gasteiger partial charge in [-0.05, 0) is 23.8 Å². The summed E-state index contributed by atoms with van der Waals surface area (Å²) in [5.74, 6) is -2.20. The molecule has 3 aromatic carbocycles. The second kappa shape index (κ2) is 7.97. The molecular formula is C24H14F2N2O3S. The van der Waals surface area contributed by atoms with Crippen LogP contribution in [0.1, 0.15) is 15.9 Å². The number of hydrogen-bond donors (Lipinski definition) is 0. The van der Waals surface area contributed by atoms with Crippen molar-refractivity contribution in [3.05, 3.63) is 106 Å². The van der Waals surface area contributed by atoms with Gasteiger partial charge in [0.05, 0.1) is 16.6 Å². The first-order chi connectivity index (χ1) is 15.5. The maximum Gasteiger partial charge on any atom is 0.267 e. The van der Waals surface area contributed by atoms with E-state index in [-0.39, 0.29) is 32.8 Å². The zero-order chi connectivity index (χ0) is 22.2. The summed E-state index contributed by atoms with van der Waals surface area (Å²) < 4.78 is 33.7. The third-order valence-corrected chi connectivity index (χ3v) is 6.00. The van der Waals surface area contributed by atoms with Crippen LogP contribution in [0.4, 0.5) is 13.9 Å². The van der Waals surface area contributed by atoms with Crippen LogP contribution in [0.25, 0.3) is 21.2 Å². The van der Waals surface area contributed by atoms with E-state index in [0.29, 0.717) is 5.58 Å². The van der Waals surface area contributed by atoms with Gasteiger partial charge in [-0.1, -0.05) is 53.8 Å². The van der Waals surface area contributed by atoms with Crippen LogP contribution in [-0.4, -0.2) is 10.9 Å².